The summed E-state index contributed by atoms with van der Waals surface area (Å²) in [5.41, 5.74) is 0. The minimum atomic E-state index is -3.58. The first-order valence-electron chi connectivity index (χ1n) is 4.41. The molecule has 0 aliphatic rings. The Morgan fingerprint density at radius 2 is 2.20 bits per heavy atom. The molecule has 0 fully saturated rings. The van der Waals surface area contributed by atoms with Gasteiger partial charge in [0.1, 0.15) is 6.04 Å². The van der Waals surface area contributed by atoms with Crippen LogP contribution in [0.5, 0.6) is 0 Å². The van der Waals surface area contributed by atoms with Crippen molar-refractivity contribution in [3.63, 3.8) is 0 Å². The fourth-order valence-electron chi connectivity index (χ4n) is 0.796. The summed E-state index contributed by atoms with van der Waals surface area (Å²) in [6, 6.07) is 1.06. The molecule has 0 aromatic rings. The Hall–Kier alpha value is -1.13. The van der Waals surface area contributed by atoms with Gasteiger partial charge in [0.15, 0.2) is 0 Å². The molecule has 0 aromatic heterocycles. The Bertz CT molecular complexity index is 344. The lowest BCUT2D eigenvalue weighted by atomic mass is 10.3. The van der Waals surface area contributed by atoms with Crippen molar-refractivity contribution in [3.8, 4) is 6.07 Å². The van der Waals surface area contributed by atoms with Crippen LogP contribution in [0.2, 0.25) is 0 Å². The number of nitrogens with one attached hydrogen (secondary N) is 1. The Labute approximate surface area is 89.3 Å². The summed E-state index contributed by atoms with van der Waals surface area (Å²) in [6.07, 6.45) is 0.168. The van der Waals surface area contributed by atoms with Crippen molar-refractivity contribution in [2.75, 3.05) is 12.9 Å². The SMILES string of the molecule is CCC(C#N)NS(=O)(=O)CCC(=O)OC. The molecule has 0 spiro atoms. The number of ether oxygens (including phenoxy) is 1. The summed E-state index contributed by atoms with van der Waals surface area (Å²) in [7, 11) is -2.40. The zero-order valence-electron chi connectivity index (χ0n) is 8.69. The number of hydrogen-bond acceptors (Lipinski definition) is 5. The summed E-state index contributed by atoms with van der Waals surface area (Å²) < 4.78 is 29.1. The average Bonchev–Trinajstić information content (AvgIpc) is 2.22. The number of carbonyl (C=O) groups is 1. The number of nitrogens with zero attached hydrogens (tertiary/aromatic N) is 1. The molecular formula is C8H14N2O4S. The van der Waals surface area contributed by atoms with Crippen LogP contribution in [0.1, 0.15) is 19.8 Å². The maximum atomic E-state index is 11.3. The lowest BCUT2D eigenvalue weighted by molar-refractivity contribution is -0.140. The van der Waals surface area contributed by atoms with E-state index < -0.39 is 22.0 Å². The van der Waals surface area contributed by atoms with E-state index in [-0.39, 0.29) is 12.2 Å². The highest BCUT2D eigenvalue weighted by molar-refractivity contribution is 7.89. The first-order valence-corrected chi connectivity index (χ1v) is 6.06. The number of methoxy groups -OCH3 is 1. The molecule has 7 heteroatoms. The normalized spacial score (nSPS) is 12.9. The van der Waals surface area contributed by atoms with Gasteiger partial charge in [-0.25, -0.2) is 8.42 Å². The molecule has 0 aliphatic heterocycles. The number of carbonyl (C=O) groups excluding carboxylic acids is 1. The number of hydrogen-bond donors (Lipinski definition) is 1. The number of rotatable bonds is 6. The van der Waals surface area contributed by atoms with Crippen LogP contribution in [-0.2, 0) is 19.6 Å². The Balaban J connectivity index is 4.21. The standard InChI is InChI=1S/C8H14N2O4S/c1-3-7(6-9)10-15(12,13)5-4-8(11)14-2/h7,10H,3-5H2,1-2H3. The Morgan fingerprint density at radius 1 is 1.60 bits per heavy atom. The third-order valence-corrected chi connectivity index (χ3v) is 3.07. The van der Waals surface area contributed by atoms with Crippen molar-refractivity contribution in [1.29, 1.82) is 5.26 Å². The second kappa shape index (κ2) is 6.37. The molecule has 0 saturated heterocycles. The van der Waals surface area contributed by atoms with Gasteiger partial charge in [-0.2, -0.15) is 9.98 Å². The topological polar surface area (TPSA) is 96.3 Å². The first kappa shape index (κ1) is 13.9. The average molecular weight is 234 g/mol. The van der Waals surface area contributed by atoms with Crippen molar-refractivity contribution in [2.45, 2.75) is 25.8 Å². The van der Waals surface area contributed by atoms with Gasteiger partial charge in [0.05, 0.1) is 25.4 Å². The molecule has 0 saturated carbocycles. The second-order valence-electron chi connectivity index (χ2n) is 2.85. The van der Waals surface area contributed by atoms with Crippen molar-refractivity contribution in [1.82, 2.24) is 4.72 Å². The van der Waals surface area contributed by atoms with Crippen LogP contribution < -0.4 is 4.72 Å². The highest BCUT2D eigenvalue weighted by Crippen LogP contribution is 1.96. The van der Waals surface area contributed by atoms with E-state index in [0.29, 0.717) is 6.42 Å². The van der Waals surface area contributed by atoms with Crippen molar-refractivity contribution >= 4 is 16.0 Å². The summed E-state index contributed by atoms with van der Waals surface area (Å²) in [6.45, 7) is 1.69. The summed E-state index contributed by atoms with van der Waals surface area (Å²) >= 11 is 0. The van der Waals surface area contributed by atoms with Gasteiger partial charge in [0.25, 0.3) is 0 Å². The summed E-state index contributed by atoms with van der Waals surface area (Å²) in [5, 5.41) is 8.54. The second-order valence-corrected chi connectivity index (χ2v) is 4.73. The lowest BCUT2D eigenvalue weighted by Gasteiger charge is -2.09. The Morgan fingerprint density at radius 3 is 2.60 bits per heavy atom. The van der Waals surface area contributed by atoms with Gasteiger partial charge in [-0.1, -0.05) is 6.92 Å². The zero-order chi connectivity index (χ0) is 11.9. The molecule has 0 aliphatic carbocycles. The van der Waals surface area contributed by atoms with Gasteiger partial charge in [-0.15, -0.1) is 0 Å². The highest BCUT2D eigenvalue weighted by Gasteiger charge is 2.17. The maximum Gasteiger partial charge on any atom is 0.306 e. The van der Waals surface area contributed by atoms with Gasteiger partial charge >= 0.3 is 5.97 Å². The third-order valence-electron chi connectivity index (χ3n) is 1.69. The van der Waals surface area contributed by atoms with E-state index in [0.717, 1.165) is 0 Å². The maximum absolute atomic E-state index is 11.3. The van der Waals surface area contributed by atoms with Crippen molar-refractivity contribution < 1.29 is 17.9 Å². The van der Waals surface area contributed by atoms with Gasteiger partial charge in [-0.05, 0) is 6.42 Å². The van der Waals surface area contributed by atoms with Gasteiger partial charge in [-0.3, -0.25) is 4.79 Å². The molecule has 1 atom stereocenters. The smallest absolute Gasteiger partial charge is 0.306 e. The predicted octanol–water partition coefficient (Wildman–Crippen LogP) is -0.229. The predicted molar refractivity (Wildman–Crippen MR) is 53.2 cm³/mol. The van der Waals surface area contributed by atoms with E-state index >= 15 is 0 Å². The van der Waals surface area contributed by atoms with Crippen LogP contribution in [0.15, 0.2) is 0 Å². The number of sulfonamides is 1. The highest BCUT2D eigenvalue weighted by atomic mass is 32.2. The minimum absolute atomic E-state index is 0.215. The third kappa shape index (κ3) is 6.04. The summed E-state index contributed by atoms with van der Waals surface area (Å²) in [5.74, 6) is -0.955. The quantitative estimate of drug-likeness (QED) is 0.640. The first-order chi connectivity index (χ1) is 6.95. The molecule has 0 amide bonds. The van der Waals surface area contributed by atoms with Crippen LogP contribution in [0, 0.1) is 11.3 Å². The van der Waals surface area contributed by atoms with Crippen LogP contribution >= 0.6 is 0 Å². The largest absolute Gasteiger partial charge is 0.469 e. The molecule has 86 valence electrons. The van der Waals surface area contributed by atoms with Crippen LogP contribution in [-0.4, -0.2) is 33.3 Å². The van der Waals surface area contributed by atoms with E-state index in [2.05, 4.69) is 9.46 Å². The molecule has 6 nitrogen and oxygen atoms in total. The summed E-state index contributed by atoms with van der Waals surface area (Å²) in [4.78, 5) is 10.7. The van der Waals surface area contributed by atoms with Gasteiger partial charge in [0.2, 0.25) is 10.0 Å². The number of esters is 1. The van der Waals surface area contributed by atoms with E-state index in [9.17, 15) is 13.2 Å². The fraction of sp³-hybridized carbons (Fsp3) is 0.750. The van der Waals surface area contributed by atoms with Crippen LogP contribution in [0.4, 0.5) is 0 Å². The van der Waals surface area contributed by atoms with E-state index in [4.69, 9.17) is 5.26 Å². The van der Waals surface area contributed by atoms with Crippen LogP contribution in [0.25, 0.3) is 0 Å². The molecular weight excluding hydrogens is 220 g/mol. The monoisotopic (exact) mass is 234 g/mol. The molecule has 1 unspecified atom stereocenters. The van der Waals surface area contributed by atoms with E-state index in [1.165, 1.54) is 7.11 Å². The number of nitriles is 1. The van der Waals surface area contributed by atoms with E-state index in [1.54, 1.807) is 13.0 Å². The molecule has 0 rings (SSSR count). The van der Waals surface area contributed by atoms with Crippen molar-refractivity contribution in [3.05, 3.63) is 0 Å². The molecule has 0 heterocycles. The van der Waals surface area contributed by atoms with E-state index in [1.807, 2.05) is 0 Å². The molecule has 15 heavy (non-hydrogen) atoms. The fourth-order valence-corrected chi connectivity index (χ4v) is 2.00. The Kier molecular flexibility index (Phi) is 5.89. The lowest BCUT2D eigenvalue weighted by Crippen LogP contribution is -2.35. The molecule has 0 radical (unpaired) electrons. The molecule has 0 bridgehead atoms. The molecule has 0 aromatic carbocycles. The van der Waals surface area contributed by atoms with Gasteiger partial charge < -0.3 is 4.74 Å². The zero-order valence-corrected chi connectivity index (χ0v) is 9.50. The van der Waals surface area contributed by atoms with Crippen LogP contribution in [0.3, 0.4) is 0 Å². The van der Waals surface area contributed by atoms with Crippen molar-refractivity contribution in [2.24, 2.45) is 0 Å². The van der Waals surface area contributed by atoms with Gasteiger partial charge in [0, 0.05) is 0 Å². The minimum Gasteiger partial charge on any atom is -0.469 e. The molecule has 1 N–H and O–H groups in total.